The van der Waals surface area contributed by atoms with Crippen LogP contribution in [-0.2, 0) is 12.3 Å². The Balaban J connectivity index is 1.78. The Labute approximate surface area is 205 Å². The van der Waals surface area contributed by atoms with Crippen molar-refractivity contribution in [3.8, 4) is 0 Å². The molecule has 0 aliphatic heterocycles. The van der Waals surface area contributed by atoms with Crippen LogP contribution in [0.2, 0.25) is 10.0 Å². The molecule has 1 atom stereocenters. The van der Waals surface area contributed by atoms with Crippen molar-refractivity contribution in [1.29, 1.82) is 0 Å². The summed E-state index contributed by atoms with van der Waals surface area (Å²) >= 11 is 13.6. The number of thioether (sulfide) groups is 1. The number of amides is 1. The lowest BCUT2D eigenvalue weighted by Crippen LogP contribution is -2.34. The lowest BCUT2D eigenvalue weighted by atomic mass is 10.0. The minimum Gasteiger partial charge on any atom is -0.342 e. The molecule has 3 aromatic rings. The average Bonchev–Trinajstić information content (AvgIpc) is 3.18. The summed E-state index contributed by atoms with van der Waals surface area (Å²) < 4.78 is 1.96. The smallest absolute Gasteiger partial charge is 0.269 e. The molecule has 11 heteroatoms. The van der Waals surface area contributed by atoms with Crippen LogP contribution in [0.1, 0.15) is 48.6 Å². The number of nitrogens with zero attached hydrogens (tertiary/aromatic N) is 4. The fourth-order valence-corrected chi connectivity index (χ4v) is 4.68. The number of carbonyl (C=O) groups is 1. The summed E-state index contributed by atoms with van der Waals surface area (Å²) in [5.74, 6) is 0.954. The highest BCUT2D eigenvalue weighted by Crippen LogP contribution is 2.28. The van der Waals surface area contributed by atoms with E-state index < -0.39 is 4.92 Å². The van der Waals surface area contributed by atoms with E-state index in [9.17, 15) is 14.9 Å². The van der Waals surface area contributed by atoms with Gasteiger partial charge in [-0.3, -0.25) is 14.9 Å². The molecule has 2 aromatic carbocycles. The van der Waals surface area contributed by atoms with Crippen molar-refractivity contribution in [2.75, 3.05) is 0 Å². The predicted octanol–water partition coefficient (Wildman–Crippen LogP) is 5.93. The molecule has 0 fully saturated rings. The van der Waals surface area contributed by atoms with Crippen LogP contribution in [0.15, 0.2) is 47.6 Å². The maximum atomic E-state index is 12.9. The summed E-state index contributed by atoms with van der Waals surface area (Å²) in [5.41, 5.74) is 1.32. The summed E-state index contributed by atoms with van der Waals surface area (Å²) in [6.07, 6.45) is 0. The highest BCUT2D eigenvalue weighted by molar-refractivity contribution is 7.98. The summed E-state index contributed by atoms with van der Waals surface area (Å²) in [4.78, 5) is 23.3. The lowest BCUT2D eigenvalue weighted by Gasteiger charge is -2.23. The molecular weight excluding hydrogens is 485 g/mol. The zero-order chi connectivity index (χ0) is 24.1. The van der Waals surface area contributed by atoms with E-state index in [2.05, 4.69) is 15.5 Å². The molecule has 0 saturated carbocycles. The number of aromatic nitrogens is 3. The minimum absolute atomic E-state index is 0.0436. The van der Waals surface area contributed by atoms with E-state index in [-0.39, 0.29) is 28.6 Å². The SMILES string of the molecule is CCn1c(SCc2ccc([N+](=O)[O-])cc2)nnc1[C@@H](NC(=O)c1ccc(Cl)cc1Cl)C(C)C. The van der Waals surface area contributed by atoms with Crippen LogP contribution < -0.4 is 5.32 Å². The van der Waals surface area contributed by atoms with Crippen LogP contribution in [0.4, 0.5) is 5.69 Å². The van der Waals surface area contributed by atoms with Gasteiger partial charge in [-0.05, 0) is 36.6 Å². The predicted molar refractivity (Wildman–Crippen MR) is 130 cm³/mol. The minimum atomic E-state index is -0.422. The van der Waals surface area contributed by atoms with Crippen molar-refractivity contribution >= 4 is 46.6 Å². The van der Waals surface area contributed by atoms with Crippen molar-refractivity contribution in [1.82, 2.24) is 20.1 Å². The summed E-state index contributed by atoms with van der Waals surface area (Å²) in [5, 5.41) is 24.0. The number of carbonyl (C=O) groups excluding carboxylic acids is 1. The molecule has 33 heavy (non-hydrogen) atoms. The number of non-ortho nitro benzene ring substituents is 1. The molecule has 0 unspecified atom stereocenters. The number of hydrogen-bond acceptors (Lipinski definition) is 6. The van der Waals surface area contributed by atoms with Crippen LogP contribution in [-0.4, -0.2) is 25.6 Å². The van der Waals surface area contributed by atoms with E-state index in [1.807, 2.05) is 25.3 Å². The van der Waals surface area contributed by atoms with Gasteiger partial charge in [-0.2, -0.15) is 0 Å². The van der Waals surface area contributed by atoms with Gasteiger partial charge in [0.2, 0.25) is 0 Å². The Kier molecular flexibility index (Phi) is 8.34. The Hall–Kier alpha value is -2.62. The molecule has 1 aromatic heterocycles. The fraction of sp³-hybridized carbons (Fsp3) is 0.318. The molecule has 8 nitrogen and oxygen atoms in total. The van der Waals surface area contributed by atoms with Crippen molar-refractivity contribution in [3.05, 3.63) is 79.6 Å². The van der Waals surface area contributed by atoms with E-state index in [4.69, 9.17) is 23.2 Å². The van der Waals surface area contributed by atoms with Crippen LogP contribution in [0.3, 0.4) is 0 Å². The van der Waals surface area contributed by atoms with Gasteiger partial charge >= 0.3 is 0 Å². The Bertz CT molecular complexity index is 1150. The largest absolute Gasteiger partial charge is 0.342 e. The fourth-order valence-electron chi connectivity index (χ4n) is 3.22. The Morgan fingerprint density at radius 3 is 2.45 bits per heavy atom. The summed E-state index contributed by atoms with van der Waals surface area (Å²) in [7, 11) is 0. The van der Waals surface area contributed by atoms with Crippen LogP contribution in [0.5, 0.6) is 0 Å². The molecule has 1 heterocycles. The third kappa shape index (κ3) is 6.04. The molecule has 0 aliphatic carbocycles. The standard InChI is InChI=1S/C22H23Cl2N5O3S/c1-4-28-20(19(13(2)3)25-21(30)17-10-7-15(23)11-18(17)24)26-27-22(28)33-12-14-5-8-16(9-6-14)29(31)32/h5-11,13,19H,4,12H2,1-3H3,(H,25,30)/t19-/m0/s1. The molecule has 3 rings (SSSR count). The van der Waals surface area contributed by atoms with Gasteiger partial charge in [0.25, 0.3) is 11.6 Å². The van der Waals surface area contributed by atoms with Gasteiger partial charge in [-0.25, -0.2) is 0 Å². The number of nitrogens with one attached hydrogen (secondary N) is 1. The number of rotatable bonds is 9. The molecule has 0 spiro atoms. The van der Waals surface area contributed by atoms with Gasteiger partial charge in [0.15, 0.2) is 11.0 Å². The van der Waals surface area contributed by atoms with E-state index >= 15 is 0 Å². The van der Waals surface area contributed by atoms with E-state index in [1.54, 1.807) is 24.3 Å². The highest BCUT2D eigenvalue weighted by Gasteiger charge is 2.26. The number of halogens is 2. The third-order valence-corrected chi connectivity index (χ3v) is 6.57. The first-order valence-corrected chi connectivity index (χ1v) is 12.0. The second kappa shape index (κ2) is 11.0. The van der Waals surface area contributed by atoms with Gasteiger partial charge in [-0.15, -0.1) is 10.2 Å². The highest BCUT2D eigenvalue weighted by atomic mass is 35.5. The number of nitro groups is 1. The summed E-state index contributed by atoms with van der Waals surface area (Å²) in [6, 6.07) is 10.8. The van der Waals surface area contributed by atoms with E-state index in [1.165, 1.54) is 30.0 Å². The van der Waals surface area contributed by atoms with Gasteiger partial charge in [0.1, 0.15) is 0 Å². The molecule has 174 valence electrons. The second-order valence-corrected chi connectivity index (χ2v) is 9.40. The Morgan fingerprint density at radius 2 is 1.88 bits per heavy atom. The third-order valence-electron chi connectivity index (χ3n) is 4.98. The molecule has 0 radical (unpaired) electrons. The lowest BCUT2D eigenvalue weighted by molar-refractivity contribution is -0.384. The average molecular weight is 508 g/mol. The molecule has 0 bridgehead atoms. The molecule has 0 saturated heterocycles. The molecule has 1 N–H and O–H groups in total. The first kappa shape index (κ1) is 25.0. The van der Waals surface area contributed by atoms with E-state index in [0.717, 1.165) is 5.56 Å². The van der Waals surface area contributed by atoms with Crippen molar-refractivity contribution in [2.45, 2.75) is 44.3 Å². The monoisotopic (exact) mass is 507 g/mol. The molecule has 1 amide bonds. The van der Waals surface area contributed by atoms with Crippen LogP contribution in [0, 0.1) is 16.0 Å². The first-order valence-electron chi connectivity index (χ1n) is 10.3. The maximum Gasteiger partial charge on any atom is 0.269 e. The van der Waals surface area contributed by atoms with Crippen LogP contribution in [0.25, 0.3) is 0 Å². The van der Waals surface area contributed by atoms with Gasteiger partial charge in [0, 0.05) is 29.5 Å². The topological polar surface area (TPSA) is 103 Å². The van der Waals surface area contributed by atoms with Crippen LogP contribution >= 0.6 is 35.0 Å². The van der Waals surface area contributed by atoms with Crippen molar-refractivity contribution < 1.29 is 9.72 Å². The van der Waals surface area contributed by atoms with Gasteiger partial charge in [-0.1, -0.05) is 60.9 Å². The number of hydrogen-bond donors (Lipinski definition) is 1. The molecular formula is C22H23Cl2N5O3S. The zero-order valence-electron chi connectivity index (χ0n) is 18.3. The summed E-state index contributed by atoms with van der Waals surface area (Å²) in [6.45, 7) is 6.59. The molecule has 0 aliphatic rings. The van der Waals surface area contributed by atoms with E-state index in [0.29, 0.717) is 33.9 Å². The zero-order valence-corrected chi connectivity index (χ0v) is 20.6. The van der Waals surface area contributed by atoms with Crippen molar-refractivity contribution in [3.63, 3.8) is 0 Å². The first-order chi connectivity index (χ1) is 15.7. The Morgan fingerprint density at radius 1 is 1.18 bits per heavy atom. The normalized spacial score (nSPS) is 12.1. The maximum absolute atomic E-state index is 12.9. The van der Waals surface area contributed by atoms with Crippen molar-refractivity contribution in [2.24, 2.45) is 5.92 Å². The number of benzene rings is 2. The van der Waals surface area contributed by atoms with Gasteiger partial charge < -0.3 is 9.88 Å². The quantitative estimate of drug-likeness (QED) is 0.218. The van der Waals surface area contributed by atoms with Gasteiger partial charge in [0.05, 0.1) is 21.6 Å². The number of nitro benzene ring substituents is 1. The second-order valence-electron chi connectivity index (χ2n) is 7.62.